The summed E-state index contributed by atoms with van der Waals surface area (Å²) in [5, 5.41) is 16.2. The summed E-state index contributed by atoms with van der Waals surface area (Å²) in [6.45, 7) is 5.01. The van der Waals surface area contributed by atoms with Crippen LogP contribution in [-0.4, -0.2) is 24.2 Å². The average Bonchev–Trinajstić information content (AvgIpc) is 2.26. The lowest BCUT2D eigenvalue weighted by atomic mass is 9.95. The monoisotopic (exact) mass is 206 g/mol. The number of rotatable bonds is 3. The zero-order chi connectivity index (χ0) is 10.7. The smallest absolute Gasteiger partial charge is 0.115 e. The van der Waals surface area contributed by atoms with Gasteiger partial charge in [0.1, 0.15) is 5.75 Å². The molecule has 3 nitrogen and oxygen atoms in total. The second-order valence-corrected chi connectivity index (χ2v) is 4.04. The summed E-state index contributed by atoms with van der Waals surface area (Å²) < 4.78 is 0. The topological polar surface area (TPSA) is 44.3 Å². The Morgan fingerprint density at radius 3 is 3.13 bits per heavy atom. The Morgan fingerprint density at radius 1 is 1.47 bits per heavy atom. The number of hydrogen-bond acceptors (Lipinski definition) is 3. The van der Waals surface area contributed by atoms with Gasteiger partial charge in [0.15, 0.2) is 0 Å². The SMILES string of the molecule is CCNCC1Cc2ccc(O)cc2CN1. The molecule has 0 saturated heterocycles. The lowest BCUT2D eigenvalue weighted by Crippen LogP contribution is -2.42. The number of benzene rings is 1. The minimum absolute atomic E-state index is 0.362. The Balaban J connectivity index is 2.03. The summed E-state index contributed by atoms with van der Waals surface area (Å²) in [7, 11) is 0. The van der Waals surface area contributed by atoms with Crippen LogP contribution in [-0.2, 0) is 13.0 Å². The highest BCUT2D eigenvalue weighted by atomic mass is 16.3. The molecule has 1 aliphatic rings. The van der Waals surface area contributed by atoms with Crippen LogP contribution in [0, 0.1) is 0 Å². The molecule has 0 spiro atoms. The molecule has 0 aromatic heterocycles. The van der Waals surface area contributed by atoms with Crippen LogP contribution in [0.25, 0.3) is 0 Å². The first-order valence-corrected chi connectivity index (χ1v) is 5.54. The Kier molecular flexibility index (Phi) is 3.23. The lowest BCUT2D eigenvalue weighted by molar-refractivity contribution is 0.445. The van der Waals surface area contributed by atoms with E-state index in [1.807, 2.05) is 12.1 Å². The van der Waals surface area contributed by atoms with Crippen molar-refractivity contribution in [2.45, 2.75) is 25.9 Å². The zero-order valence-corrected chi connectivity index (χ0v) is 9.09. The molecule has 0 radical (unpaired) electrons. The van der Waals surface area contributed by atoms with E-state index in [9.17, 15) is 5.11 Å². The number of phenols is 1. The maximum atomic E-state index is 9.36. The Bertz CT molecular complexity index is 338. The van der Waals surface area contributed by atoms with Crippen LogP contribution in [0.2, 0.25) is 0 Å². The van der Waals surface area contributed by atoms with Gasteiger partial charge in [0.05, 0.1) is 0 Å². The molecule has 15 heavy (non-hydrogen) atoms. The number of phenolic OH excluding ortho intramolecular Hbond substituents is 1. The van der Waals surface area contributed by atoms with E-state index in [0.717, 1.165) is 26.1 Å². The van der Waals surface area contributed by atoms with E-state index in [2.05, 4.69) is 17.6 Å². The molecular formula is C12H18N2O. The molecule has 82 valence electrons. The molecule has 1 aliphatic heterocycles. The molecule has 0 aliphatic carbocycles. The molecule has 3 heteroatoms. The second-order valence-electron chi connectivity index (χ2n) is 4.04. The predicted octanol–water partition coefficient (Wildman–Crippen LogP) is 1.02. The van der Waals surface area contributed by atoms with E-state index in [1.165, 1.54) is 11.1 Å². The predicted molar refractivity (Wildman–Crippen MR) is 61.0 cm³/mol. The molecular weight excluding hydrogens is 188 g/mol. The van der Waals surface area contributed by atoms with Crippen LogP contribution >= 0.6 is 0 Å². The summed E-state index contributed by atoms with van der Waals surface area (Å²) in [6.07, 6.45) is 1.04. The molecule has 0 bridgehead atoms. The summed E-state index contributed by atoms with van der Waals surface area (Å²) in [5.41, 5.74) is 2.58. The third kappa shape index (κ3) is 2.49. The maximum absolute atomic E-state index is 9.36. The van der Waals surface area contributed by atoms with E-state index >= 15 is 0 Å². The number of nitrogens with one attached hydrogen (secondary N) is 2. The van der Waals surface area contributed by atoms with Crippen molar-refractivity contribution in [3.63, 3.8) is 0 Å². The largest absolute Gasteiger partial charge is 0.508 e. The van der Waals surface area contributed by atoms with Crippen molar-refractivity contribution in [2.75, 3.05) is 13.1 Å². The van der Waals surface area contributed by atoms with Crippen LogP contribution in [0.3, 0.4) is 0 Å². The van der Waals surface area contributed by atoms with Crippen LogP contribution in [0.4, 0.5) is 0 Å². The second kappa shape index (κ2) is 4.64. The average molecular weight is 206 g/mol. The van der Waals surface area contributed by atoms with Gasteiger partial charge in [-0.25, -0.2) is 0 Å². The van der Waals surface area contributed by atoms with Crippen molar-refractivity contribution in [1.29, 1.82) is 0 Å². The first-order valence-electron chi connectivity index (χ1n) is 5.54. The van der Waals surface area contributed by atoms with Gasteiger partial charge in [0.2, 0.25) is 0 Å². The van der Waals surface area contributed by atoms with Gasteiger partial charge in [-0.1, -0.05) is 13.0 Å². The van der Waals surface area contributed by atoms with Gasteiger partial charge in [-0.3, -0.25) is 0 Å². The molecule has 1 unspecified atom stereocenters. The van der Waals surface area contributed by atoms with Gasteiger partial charge in [-0.05, 0) is 36.2 Å². The summed E-state index contributed by atoms with van der Waals surface area (Å²) in [6, 6.07) is 6.17. The highest BCUT2D eigenvalue weighted by molar-refractivity contribution is 5.36. The van der Waals surface area contributed by atoms with Crippen LogP contribution in [0.15, 0.2) is 18.2 Å². The van der Waals surface area contributed by atoms with Crippen LogP contribution in [0.1, 0.15) is 18.1 Å². The third-order valence-corrected chi connectivity index (χ3v) is 2.88. The fraction of sp³-hybridized carbons (Fsp3) is 0.500. The minimum atomic E-state index is 0.362. The molecule has 1 atom stereocenters. The summed E-state index contributed by atoms with van der Waals surface area (Å²) >= 11 is 0. The number of hydrogen-bond donors (Lipinski definition) is 3. The van der Waals surface area contributed by atoms with Gasteiger partial charge >= 0.3 is 0 Å². The maximum Gasteiger partial charge on any atom is 0.115 e. The van der Waals surface area contributed by atoms with Crippen molar-refractivity contribution in [3.8, 4) is 5.75 Å². The molecule has 0 amide bonds. The van der Waals surface area contributed by atoms with Gasteiger partial charge < -0.3 is 15.7 Å². The first-order chi connectivity index (χ1) is 7.29. The number of likely N-dealkylation sites (N-methyl/N-ethyl adjacent to an activating group) is 1. The van der Waals surface area contributed by atoms with E-state index in [4.69, 9.17) is 0 Å². The van der Waals surface area contributed by atoms with E-state index < -0.39 is 0 Å². The highest BCUT2D eigenvalue weighted by Crippen LogP contribution is 2.21. The van der Waals surface area contributed by atoms with Crippen molar-refractivity contribution < 1.29 is 5.11 Å². The fourth-order valence-corrected chi connectivity index (χ4v) is 2.03. The fourth-order valence-electron chi connectivity index (χ4n) is 2.03. The quantitative estimate of drug-likeness (QED) is 0.691. The number of aromatic hydroxyl groups is 1. The molecule has 0 saturated carbocycles. The van der Waals surface area contributed by atoms with Crippen molar-refractivity contribution in [2.24, 2.45) is 0 Å². The molecule has 1 heterocycles. The summed E-state index contributed by atoms with van der Waals surface area (Å²) in [4.78, 5) is 0. The van der Waals surface area contributed by atoms with E-state index in [1.54, 1.807) is 6.07 Å². The van der Waals surface area contributed by atoms with Crippen LogP contribution in [0.5, 0.6) is 5.75 Å². The highest BCUT2D eigenvalue weighted by Gasteiger charge is 2.17. The lowest BCUT2D eigenvalue weighted by Gasteiger charge is -2.26. The Hall–Kier alpha value is -1.06. The standard InChI is InChI=1S/C12H18N2O/c1-2-13-8-11-5-9-3-4-12(15)6-10(9)7-14-11/h3-4,6,11,13-15H,2,5,7-8H2,1H3. The minimum Gasteiger partial charge on any atom is -0.508 e. The Morgan fingerprint density at radius 2 is 2.33 bits per heavy atom. The van der Waals surface area contributed by atoms with E-state index in [0.29, 0.717) is 11.8 Å². The summed E-state index contributed by atoms with van der Waals surface area (Å²) in [5.74, 6) is 0.362. The van der Waals surface area contributed by atoms with Gasteiger partial charge in [0.25, 0.3) is 0 Å². The van der Waals surface area contributed by atoms with Gasteiger partial charge in [-0.2, -0.15) is 0 Å². The van der Waals surface area contributed by atoms with Gasteiger partial charge in [-0.15, -0.1) is 0 Å². The molecule has 0 fully saturated rings. The first kappa shape index (κ1) is 10.5. The molecule has 3 N–H and O–H groups in total. The molecule has 1 aromatic carbocycles. The van der Waals surface area contributed by atoms with Crippen molar-refractivity contribution >= 4 is 0 Å². The molecule has 2 rings (SSSR count). The van der Waals surface area contributed by atoms with Crippen molar-refractivity contribution in [1.82, 2.24) is 10.6 Å². The van der Waals surface area contributed by atoms with Crippen molar-refractivity contribution in [3.05, 3.63) is 29.3 Å². The molecule has 1 aromatic rings. The van der Waals surface area contributed by atoms with Gasteiger partial charge in [0, 0.05) is 19.1 Å². The normalized spacial score (nSPS) is 19.9. The van der Waals surface area contributed by atoms with E-state index in [-0.39, 0.29) is 0 Å². The zero-order valence-electron chi connectivity index (χ0n) is 9.09. The number of fused-ring (bicyclic) bond motifs is 1. The third-order valence-electron chi connectivity index (χ3n) is 2.88. The Labute approximate surface area is 90.5 Å². The van der Waals surface area contributed by atoms with Crippen LogP contribution < -0.4 is 10.6 Å².